The lowest BCUT2D eigenvalue weighted by Crippen LogP contribution is -2.13. The molecule has 0 fully saturated rings. The fraction of sp³-hybridized carbons (Fsp3) is 0.0714. The predicted octanol–water partition coefficient (Wildman–Crippen LogP) is 4.04. The number of amides is 1. The van der Waals surface area contributed by atoms with E-state index in [1.807, 2.05) is 30.3 Å². The van der Waals surface area contributed by atoms with E-state index < -0.39 is 17.7 Å². The first-order valence-electron chi connectivity index (χ1n) is 5.72. The Kier molecular flexibility index (Phi) is 4.57. The molecule has 0 heterocycles. The van der Waals surface area contributed by atoms with Crippen LogP contribution in [0.2, 0.25) is 0 Å². The number of phenols is 1. The van der Waals surface area contributed by atoms with Crippen LogP contribution in [0.25, 0.3) is 0 Å². The number of carbonyl (C=O) groups is 1. The maximum atomic E-state index is 13.3. The number of phenolic OH excluding ortho intramolecular Hbond substituents is 1. The number of anilines is 1. The zero-order valence-corrected chi connectivity index (χ0v) is 11.9. The Morgan fingerprint density at radius 3 is 2.70 bits per heavy atom. The third-order valence-electron chi connectivity index (χ3n) is 2.48. The highest BCUT2D eigenvalue weighted by Crippen LogP contribution is 2.30. The van der Waals surface area contributed by atoms with Gasteiger partial charge in [0.25, 0.3) is 0 Å². The van der Waals surface area contributed by atoms with Crippen molar-refractivity contribution in [3.63, 3.8) is 0 Å². The molecule has 1 amide bonds. The van der Waals surface area contributed by atoms with Crippen LogP contribution in [0.1, 0.15) is 5.56 Å². The normalized spacial score (nSPS) is 10.1. The first-order chi connectivity index (χ1) is 9.56. The predicted molar refractivity (Wildman–Crippen MR) is 76.0 cm³/mol. The Hall–Kier alpha value is -2.08. The maximum Gasteiger partial charge on any atom is 0.412 e. The van der Waals surface area contributed by atoms with Crippen LogP contribution in [-0.2, 0) is 11.3 Å². The standard InChI is InChI=1S/C14H11BrFNO3/c15-10-6-11(16)13(18)12(7-10)17-14(19)20-8-9-4-2-1-3-5-9/h1-7,18H,8H2,(H,17,19). The molecule has 104 valence electrons. The average Bonchev–Trinajstić information content (AvgIpc) is 2.43. The molecule has 0 aliphatic heterocycles. The van der Waals surface area contributed by atoms with Crippen molar-refractivity contribution in [3.05, 3.63) is 58.3 Å². The molecule has 6 heteroatoms. The molecule has 2 N–H and O–H groups in total. The van der Waals surface area contributed by atoms with E-state index in [2.05, 4.69) is 21.2 Å². The average molecular weight is 340 g/mol. The van der Waals surface area contributed by atoms with Crippen molar-refractivity contribution in [1.29, 1.82) is 0 Å². The lowest BCUT2D eigenvalue weighted by molar-refractivity contribution is 0.155. The van der Waals surface area contributed by atoms with E-state index in [-0.39, 0.29) is 12.3 Å². The first kappa shape index (κ1) is 14.3. The van der Waals surface area contributed by atoms with Crippen molar-refractivity contribution >= 4 is 27.7 Å². The second-order valence-corrected chi connectivity index (χ2v) is 4.89. The van der Waals surface area contributed by atoms with Gasteiger partial charge < -0.3 is 9.84 Å². The molecular weight excluding hydrogens is 329 g/mol. The van der Waals surface area contributed by atoms with E-state index in [0.717, 1.165) is 11.6 Å². The molecule has 0 unspecified atom stereocenters. The summed E-state index contributed by atoms with van der Waals surface area (Å²) in [5.41, 5.74) is 0.766. The molecule has 0 bridgehead atoms. The van der Waals surface area contributed by atoms with Crippen molar-refractivity contribution in [2.45, 2.75) is 6.61 Å². The van der Waals surface area contributed by atoms with Crippen LogP contribution in [0.4, 0.5) is 14.9 Å². The molecule has 0 atom stereocenters. The monoisotopic (exact) mass is 339 g/mol. The number of halogens is 2. The zero-order chi connectivity index (χ0) is 14.5. The van der Waals surface area contributed by atoms with Crippen molar-refractivity contribution in [2.75, 3.05) is 5.32 Å². The van der Waals surface area contributed by atoms with Crippen LogP contribution in [0.3, 0.4) is 0 Å². The number of hydrogen-bond donors (Lipinski definition) is 2. The van der Waals surface area contributed by atoms with Crippen LogP contribution in [0, 0.1) is 5.82 Å². The minimum atomic E-state index is -0.835. The summed E-state index contributed by atoms with van der Waals surface area (Å²) >= 11 is 3.07. The summed E-state index contributed by atoms with van der Waals surface area (Å²) in [5.74, 6) is -1.47. The topological polar surface area (TPSA) is 58.6 Å². The molecule has 0 spiro atoms. The van der Waals surface area contributed by atoms with Gasteiger partial charge in [-0.05, 0) is 17.7 Å². The molecule has 2 aromatic rings. The fourth-order valence-electron chi connectivity index (χ4n) is 1.53. The van der Waals surface area contributed by atoms with Gasteiger partial charge in [0.15, 0.2) is 11.6 Å². The van der Waals surface area contributed by atoms with Crippen LogP contribution < -0.4 is 5.32 Å². The summed E-state index contributed by atoms with van der Waals surface area (Å²) in [7, 11) is 0. The van der Waals surface area contributed by atoms with E-state index in [4.69, 9.17) is 4.74 Å². The van der Waals surface area contributed by atoms with E-state index in [1.54, 1.807) is 0 Å². The summed E-state index contributed by atoms with van der Waals surface area (Å²) in [4.78, 5) is 11.6. The quantitative estimate of drug-likeness (QED) is 0.829. The Morgan fingerprint density at radius 2 is 2.00 bits per heavy atom. The summed E-state index contributed by atoms with van der Waals surface area (Å²) in [5, 5.41) is 11.8. The molecule has 0 aromatic heterocycles. The summed E-state index contributed by atoms with van der Waals surface area (Å²) < 4.78 is 18.6. The smallest absolute Gasteiger partial charge is 0.412 e. The largest absolute Gasteiger partial charge is 0.503 e. The number of hydrogen-bond acceptors (Lipinski definition) is 3. The molecule has 0 radical (unpaired) electrons. The second-order valence-electron chi connectivity index (χ2n) is 3.97. The lowest BCUT2D eigenvalue weighted by Gasteiger charge is -2.09. The Balaban J connectivity index is 1.98. The van der Waals surface area contributed by atoms with Gasteiger partial charge in [0.1, 0.15) is 6.61 Å². The minimum absolute atomic E-state index is 0.0602. The Bertz CT molecular complexity index is 619. The van der Waals surface area contributed by atoms with Crippen molar-refractivity contribution in [2.24, 2.45) is 0 Å². The number of ether oxygens (including phenoxy) is 1. The fourth-order valence-corrected chi connectivity index (χ4v) is 1.96. The third kappa shape index (κ3) is 3.71. The minimum Gasteiger partial charge on any atom is -0.503 e. The van der Waals surface area contributed by atoms with Crippen LogP contribution in [0.15, 0.2) is 46.9 Å². The summed E-state index contributed by atoms with van der Waals surface area (Å²) in [6, 6.07) is 11.6. The third-order valence-corrected chi connectivity index (χ3v) is 2.94. The Labute approximate surface area is 123 Å². The molecule has 0 saturated carbocycles. The zero-order valence-electron chi connectivity index (χ0n) is 10.3. The number of nitrogens with one attached hydrogen (secondary N) is 1. The van der Waals surface area contributed by atoms with Gasteiger partial charge in [-0.15, -0.1) is 0 Å². The highest BCUT2D eigenvalue weighted by Gasteiger charge is 2.12. The molecule has 0 aliphatic carbocycles. The molecule has 20 heavy (non-hydrogen) atoms. The van der Waals surface area contributed by atoms with E-state index >= 15 is 0 Å². The van der Waals surface area contributed by atoms with E-state index in [9.17, 15) is 14.3 Å². The van der Waals surface area contributed by atoms with Gasteiger partial charge in [-0.1, -0.05) is 46.3 Å². The molecule has 2 aromatic carbocycles. The van der Waals surface area contributed by atoms with Gasteiger partial charge in [-0.3, -0.25) is 5.32 Å². The highest BCUT2D eigenvalue weighted by molar-refractivity contribution is 9.10. The number of carbonyl (C=O) groups excluding carboxylic acids is 1. The molecule has 0 aliphatic rings. The summed E-state index contributed by atoms with van der Waals surface area (Å²) in [6.07, 6.45) is -0.776. The Morgan fingerprint density at radius 1 is 1.30 bits per heavy atom. The summed E-state index contributed by atoms with van der Waals surface area (Å²) in [6.45, 7) is 0.0872. The molecular formula is C14H11BrFNO3. The van der Waals surface area contributed by atoms with Gasteiger partial charge in [-0.2, -0.15) is 0 Å². The van der Waals surface area contributed by atoms with Crippen LogP contribution in [0.5, 0.6) is 5.75 Å². The molecule has 4 nitrogen and oxygen atoms in total. The van der Waals surface area contributed by atoms with E-state index in [0.29, 0.717) is 4.47 Å². The van der Waals surface area contributed by atoms with Gasteiger partial charge >= 0.3 is 6.09 Å². The van der Waals surface area contributed by atoms with E-state index in [1.165, 1.54) is 6.07 Å². The SMILES string of the molecule is O=C(Nc1cc(Br)cc(F)c1O)OCc1ccccc1. The van der Waals surface area contributed by atoms with Crippen molar-refractivity contribution in [1.82, 2.24) is 0 Å². The van der Waals surface area contributed by atoms with Gasteiger partial charge in [0.05, 0.1) is 5.69 Å². The van der Waals surface area contributed by atoms with Crippen molar-refractivity contribution < 1.29 is 19.0 Å². The first-order valence-corrected chi connectivity index (χ1v) is 6.51. The van der Waals surface area contributed by atoms with Gasteiger partial charge in [0.2, 0.25) is 0 Å². The van der Waals surface area contributed by atoms with Gasteiger partial charge in [0, 0.05) is 4.47 Å². The number of rotatable bonds is 3. The number of aromatic hydroxyl groups is 1. The van der Waals surface area contributed by atoms with Crippen LogP contribution >= 0.6 is 15.9 Å². The van der Waals surface area contributed by atoms with Crippen molar-refractivity contribution in [3.8, 4) is 5.75 Å². The highest BCUT2D eigenvalue weighted by atomic mass is 79.9. The molecule has 2 rings (SSSR count). The lowest BCUT2D eigenvalue weighted by atomic mass is 10.2. The number of benzene rings is 2. The second kappa shape index (κ2) is 6.38. The maximum absolute atomic E-state index is 13.3. The molecule has 0 saturated heterocycles. The van der Waals surface area contributed by atoms with Crippen LogP contribution in [-0.4, -0.2) is 11.2 Å². The van der Waals surface area contributed by atoms with Gasteiger partial charge in [-0.25, -0.2) is 9.18 Å².